The van der Waals surface area contributed by atoms with Crippen LogP contribution in [0.1, 0.15) is 24.8 Å². The summed E-state index contributed by atoms with van der Waals surface area (Å²) in [6.45, 7) is 1.94. The molecule has 0 aliphatic carbocycles. The zero-order chi connectivity index (χ0) is 13.9. The largest absolute Gasteiger partial charge is 0.396 e. The second kappa shape index (κ2) is 6.19. The second-order valence-electron chi connectivity index (χ2n) is 5.72. The fourth-order valence-corrected chi connectivity index (χ4v) is 4.49. The molecule has 3 rings (SSSR count). The van der Waals surface area contributed by atoms with Crippen molar-refractivity contribution in [2.45, 2.75) is 35.8 Å². The van der Waals surface area contributed by atoms with Crippen molar-refractivity contribution in [2.24, 2.45) is 5.92 Å². The first-order valence-corrected chi connectivity index (χ1v) is 8.30. The monoisotopic (exact) mass is 291 g/mol. The molecule has 2 heterocycles. The average molecular weight is 291 g/mol. The molecule has 2 atom stereocenters. The first kappa shape index (κ1) is 14.0. The molecule has 0 bridgehead atoms. The van der Waals surface area contributed by atoms with Gasteiger partial charge in [-0.1, -0.05) is 18.2 Å². The molecule has 3 nitrogen and oxygen atoms in total. The molecule has 1 saturated heterocycles. The number of likely N-dealkylation sites (tertiary alicyclic amines) is 1. The molecule has 1 fully saturated rings. The van der Waals surface area contributed by atoms with Gasteiger partial charge in [-0.05, 0) is 43.2 Å². The highest BCUT2D eigenvalue weighted by Gasteiger charge is 2.33. The van der Waals surface area contributed by atoms with E-state index < -0.39 is 0 Å². The number of thioether (sulfide) groups is 1. The first-order valence-electron chi connectivity index (χ1n) is 7.42. The lowest BCUT2D eigenvalue weighted by molar-refractivity contribution is -0.132. The average Bonchev–Trinajstić information content (AvgIpc) is 2.91. The number of fused-ring (bicyclic) bond motifs is 1. The van der Waals surface area contributed by atoms with Crippen molar-refractivity contribution in [1.29, 1.82) is 0 Å². The zero-order valence-corrected chi connectivity index (χ0v) is 12.4. The van der Waals surface area contributed by atoms with Gasteiger partial charge in [-0.15, -0.1) is 11.8 Å². The molecule has 1 amide bonds. The summed E-state index contributed by atoms with van der Waals surface area (Å²) >= 11 is 1.71. The zero-order valence-electron chi connectivity index (χ0n) is 11.6. The molecule has 0 aromatic heterocycles. The maximum Gasteiger partial charge on any atom is 0.236 e. The van der Waals surface area contributed by atoms with Crippen molar-refractivity contribution in [2.75, 3.05) is 19.7 Å². The predicted octanol–water partition coefficient (Wildman–Crippen LogP) is 2.32. The lowest BCUT2D eigenvalue weighted by Crippen LogP contribution is -2.44. The van der Waals surface area contributed by atoms with E-state index in [0.717, 1.165) is 38.8 Å². The van der Waals surface area contributed by atoms with Crippen molar-refractivity contribution in [3.8, 4) is 0 Å². The van der Waals surface area contributed by atoms with Crippen LogP contribution in [0.3, 0.4) is 0 Å². The smallest absolute Gasteiger partial charge is 0.236 e. The highest BCUT2D eigenvalue weighted by Crippen LogP contribution is 2.38. The van der Waals surface area contributed by atoms with Crippen LogP contribution in [0, 0.1) is 5.92 Å². The van der Waals surface area contributed by atoms with Crippen LogP contribution in [0.2, 0.25) is 0 Å². The van der Waals surface area contributed by atoms with E-state index in [-0.39, 0.29) is 17.8 Å². The number of aliphatic hydroxyl groups excluding tert-OH is 1. The number of hydrogen-bond acceptors (Lipinski definition) is 3. The van der Waals surface area contributed by atoms with E-state index in [4.69, 9.17) is 5.11 Å². The van der Waals surface area contributed by atoms with Gasteiger partial charge in [0.2, 0.25) is 5.91 Å². The maximum atomic E-state index is 12.7. The summed E-state index contributed by atoms with van der Waals surface area (Å²) < 4.78 is 0. The molecule has 1 aromatic carbocycles. The molecule has 2 unspecified atom stereocenters. The lowest BCUT2D eigenvalue weighted by Gasteiger charge is -2.34. The van der Waals surface area contributed by atoms with Gasteiger partial charge < -0.3 is 10.0 Å². The number of piperidine rings is 1. The van der Waals surface area contributed by atoms with Gasteiger partial charge in [0.05, 0.1) is 5.25 Å². The van der Waals surface area contributed by atoms with Crippen LogP contribution in [0.5, 0.6) is 0 Å². The van der Waals surface area contributed by atoms with Crippen molar-refractivity contribution in [3.63, 3.8) is 0 Å². The van der Waals surface area contributed by atoms with Crippen LogP contribution in [-0.4, -0.2) is 40.9 Å². The Labute approximate surface area is 124 Å². The van der Waals surface area contributed by atoms with Gasteiger partial charge in [0.15, 0.2) is 0 Å². The number of carbonyl (C=O) groups excluding carboxylic acids is 1. The molecule has 4 heteroatoms. The topological polar surface area (TPSA) is 40.5 Å². The summed E-state index contributed by atoms with van der Waals surface area (Å²) in [5.41, 5.74) is 1.31. The summed E-state index contributed by atoms with van der Waals surface area (Å²) in [6, 6.07) is 8.32. The number of hydrogen-bond donors (Lipinski definition) is 1. The Hall–Kier alpha value is -1.00. The number of carbonyl (C=O) groups is 1. The summed E-state index contributed by atoms with van der Waals surface area (Å²) in [5, 5.41) is 9.12. The molecule has 2 aliphatic heterocycles. The lowest BCUT2D eigenvalue weighted by atomic mass is 9.95. The molecule has 0 saturated carbocycles. The number of benzene rings is 1. The fourth-order valence-electron chi connectivity index (χ4n) is 3.21. The number of amides is 1. The molecule has 0 spiro atoms. The third-order valence-corrected chi connectivity index (χ3v) is 5.60. The molecule has 20 heavy (non-hydrogen) atoms. The molecule has 0 radical (unpaired) electrons. The van der Waals surface area contributed by atoms with Gasteiger partial charge in [0.25, 0.3) is 0 Å². The van der Waals surface area contributed by atoms with Gasteiger partial charge in [-0.25, -0.2) is 0 Å². The Kier molecular flexibility index (Phi) is 4.32. The molecular weight excluding hydrogens is 270 g/mol. The molecule has 1 N–H and O–H groups in total. The molecule has 108 valence electrons. The minimum atomic E-state index is 0.0558. The third-order valence-electron chi connectivity index (χ3n) is 4.29. The van der Waals surface area contributed by atoms with Crippen molar-refractivity contribution in [1.82, 2.24) is 4.90 Å². The van der Waals surface area contributed by atoms with E-state index >= 15 is 0 Å². The standard InChI is InChI=1S/C16H21NO2S/c18-9-7-12-4-3-8-17(11-12)16(19)15-10-13-5-1-2-6-14(13)20-15/h1-2,5-6,12,15,18H,3-4,7-11H2. The Bertz CT molecular complexity index is 464. The minimum absolute atomic E-state index is 0.0558. The van der Waals surface area contributed by atoms with E-state index in [0.29, 0.717) is 5.92 Å². The SMILES string of the molecule is O=C(C1Cc2ccccc2S1)N1CCCC(CCO)C1. The Morgan fingerprint density at radius 3 is 3.05 bits per heavy atom. The number of rotatable bonds is 3. The maximum absolute atomic E-state index is 12.7. The second-order valence-corrected chi connectivity index (χ2v) is 6.97. The first-order chi connectivity index (χ1) is 9.78. The molecule has 1 aromatic rings. The van der Waals surface area contributed by atoms with Crippen LogP contribution in [0.15, 0.2) is 29.2 Å². The highest BCUT2D eigenvalue weighted by atomic mass is 32.2. The minimum Gasteiger partial charge on any atom is -0.396 e. The van der Waals surface area contributed by atoms with Crippen LogP contribution in [0.25, 0.3) is 0 Å². The Balaban J connectivity index is 1.63. The van der Waals surface area contributed by atoms with Gasteiger partial charge in [0, 0.05) is 24.6 Å². The van der Waals surface area contributed by atoms with E-state index in [2.05, 4.69) is 12.1 Å². The Morgan fingerprint density at radius 1 is 1.40 bits per heavy atom. The third kappa shape index (κ3) is 2.86. The van der Waals surface area contributed by atoms with Gasteiger partial charge in [-0.2, -0.15) is 0 Å². The van der Waals surface area contributed by atoms with E-state index in [9.17, 15) is 4.79 Å². The van der Waals surface area contributed by atoms with Crippen LogP contribution in [-0.2, 0) is 11.2 Å². The number of nitrogens with zero attached hydrogens (tertiary/aromatic N) is 1. The summed E-state index contributed by atoms with van der Waals surface area (Å²) in [7, 11) is 0. The summed E-state index contributed by atoms with van der Waals surface area (Å²) in [5.74, 6) is 0.764. The number of aliphatic hydroxyl groups is 1. The van der Waals surface area contributed by atoms with E-state index in [1.54, 1.807) is 11.8 Å². The predicted molar refractivity (Wildman–Crippen MR) is 80.8 cm³/mol. The van der Waals surface area contributed by atoms with Crippen LogP contribution >= 0.6 is 11.8 Å². The van der Waals surface area contributed by atoms with Crippen LogP contribution < -0.4 is 0 Å². The summed E-state index contributed by atoms with van der Waals surface area (Å²) in [4.78, 5) is 15.9. The van der Waals surface area contributed by atoms with Crippen LogP contribution in [0.4, 0.5) is 0 Å². The Morgan fingerprint density at radius 2 is 2.25 bits per heavy atom. The molecule has 2 aliphatic rings. The van der Waals surface area contributed by atoms with Gasteiger partial charge in [0.1, 0.15) is 0 Å². The van der Waals surface area contributed by atoms with Gasteiger partial charge >= 0.3 is 0 Å². The quantitative estimate of drug-likeness (QED) is 0.929. The normalized spacial score (nSPS) is 25.6. The van der Waals surface area contributed by atoms with E-state index in [1.807, 2.05) is 17.0 Å². The summed E-state index contributed by atoms with van der Waals surface area (Å²) in [6.07, 6.45) is 3.89. The van der Waals surface area contributed by atoms with Crippen molar-refractivity contribution >= 4 is 17.7 Å². The highest BCUT2D eigenvalue weighted by molar-refractivity contribution is 8.01. The van der Waals surface area contributed by atoms with E-state index in [1.165, 1.54) is 10.5 Å². The van der Waals surface area contributed by atoms with Gasteiger partial charge in [-0.3, -0.25) is 4.79 Å². The van der Waals surface area contributed by atoms with Crippen molar-refractivity contribution < 1.29 is 9.90 Å². The fraction of sp³-hybridized carbons (Fsp3) is 0.562. The van der Waals surface area contributed by atoms with Crippen molar-refractivity contribution in [3.05, 3.63) is 29.8 Å². The molecular formula is C16H21NO2S.